The van der Waals surface area contributed by atoms with Crippen LogP contribution in [0.2, 0.25) is 0 Å². The fourth-order valence-corrected chi connectivity index (χ4v) is 3.01. The second-order valence-corrected chi connectivity index (χ2v) is 5.92. The van der Waals surface area contributed by atoms with Crippen LogP contribution in [0.1, 0.15) is 26.4 Å². The van der Waals surface area contributed by atoms with Crippen molar-refractivity contribution in [1.29, 1.82) is 0 Å². The van der Waals surface area contributed by atoms with Crippen LogP contribution in [0.4, 0.5) is 5.00 Å². The van der Waals surface area contributed by atoms with Crippen LogP contribution in [0, 0.1) is 6.92 Å². The van der Waals surface area contributed by atoms with Gasteiger partial charge in [-0.05, 0) is 24.4 Å². The van der Waals surface area contributed by atoms with Gasteiger partial charge in [-0.15, -0.1) is 11.3 Å². The second-order valence-electron chi connectivity index (χ2n) is 5.00. The quantitative estimate of drug-likeness (QED) is 0.654. The van der Waals surface area contributed by atoms with Gasteiger partial charge in [0, 0.05) is 12.4 Å². The van der Waals surface area contributed by atoms with Crippen molar-refractivity contribution >= 4 is 39.8 Å². The van der Waals surface area contributed by atoms with E-state index >= 15 is 0 Å². The predicted molar refractivity (Wildman–Crippen MR) is 89.5 cm³/mol. The predicted octanol–water partition coefficient (Wildman–Crippen LogP) is 0.994. The Kier molecular flexibility index (Phi) is 4.44. The minimum atomic E-state index is -0.706. The summed E-state index contributed by atoms with van der Waals surface area (Å²) in [6.45, 7) is 1.13. The number of nitrogens with zero attached hydrogens (tertiary/aromatic N) is 3. The van der Waals surface area contributed by atoms with Gasteiger partial charge in [-0.3, -0.25) is 9.59 Å². The molecular weight excluding hydrogens is 346 g/mol. The van der Waals surface area contributed by atoms with Crippen LogP contribution in [0.15, 0.2) is 29.9 Å². The molecule has 0 aromatic carbocycles. The van der Waals surface area contributed by atoms with Gasteiger partial charge in [0.25, 0.3) is 11.8 Å². The molecule has 0 radical (unpaired) electrons. The summed E-state index contributed by atoms with van der Waals surface area (Å²) in [5.41, 5.74) is 6.39. The Morgan fingerprint density at radius 3 is 2.96 bits per heavy atom. The number of carbonyl (C=O) groups excluding carboxylic acids is 3. The SMILES string of the molecule is Cc1nn2cccnc2c1C(=O)OCC(=O)Nc1sccc1C(N)=O. The number of fused-ring (bicyclic) bond motifs is 1. The highest BCUT2D eigenvalue weighted by molar-refractivity contribution is 7.14. The second kappa shape index (κ2) is 6.69. The molecule has 9 nitrogen and oxygen atoms in total. The summed E-state index contributed by atoms with van der Waals surface area (Å²) >= 11 is 1.15. The van der Waals surface area contributed by atoms with Crippen LogP contribution in [0.25, 0.3) is 5.65 Å². The van der Waals surface area contributed by atoms with Crippen molar-refractivity contribution in [2.75, 3.05) is 11.9 Å². The number of primary amides is 1. The maximum Gasteiger partial charge on any atom is 0.344 e. The number of hydrogen-bond acceptors (Lipinski definition) is 7. The zero-order valence-electron chi connectivity index (χ0n) is 13.1. The summed E-state index contributed by atoms with van der Waals surface area (Å²) < 4.78 is 6.49. The summed E-state index contributed by atoms with van der Waals surface area (Å²) in [5.74, 6) is -1.94. The number of aryl methyl sites for hydroxylation is 1. The van der Waals surface area contributed by atoms with Crippen molar-refractivity contribution in [2.45, 2.75) is 6.92 Å². The fourth-order valence-electron chi connectivity index (χ4n) is 2.20. The highest BCUT2D eigenvalue weighted by Crippen LogP contribution is 2.22. The molecule has 0 atom stereocenters. The highest BCUT2D eigenvalue weighted by Gasteiger charge is 2.21. The van der Waals surface area contributed by atoms with E-state index in [-0.39, 0.29) is 11.1 Å². The van der Waals surface area contributed by atoms with Gasteiger partial charge in [0.05, 0.1) is 11.3 Å². The zero-order chi connectivity index (χ0) is 18.0. The third kappa shape index (κ3) is 3.33. The summed E-state index contributed by atoms with van der Waals surface area (Å²) in [4.78, 5) is 39.5. The van der Waals surface area contributed by atoms with E-state index in [0.29, 0.717) is 16.3 Å². The number of carbonyl (C=O) groups is 3. The molecular formula is C15H13N5O4S. The first kappa shape index (κ1) is 16.6. The molecule has 0 aliphatic rings. The van der Waals surface area contributed by atoms with E-state index < -0.39 is 24.4 Å². The van der Waals surface area contributed by atoms with Crippen molar-refractivity contribution in [2.24, 2.45) is 5.73 Å². The van der Waals surface area contributed by atoms with Crippen LogP contribution in [0.3, 0.4) is 0 Å². The maximum absolute atomic E-state index is 12.3. The first-order valence-electron chi connectivity index (χ1n) is 7.11. The Hall–Kier alpha value is -3.27. The van der Waals surface area contributed by atoms with Gasteiger partial charge in [-0.1, -0.05) is 0 Å². The molecule has 10 heteroatoms. The molecule has 3 aromatic heterocycles. The topological polar surface area (TPSA) is 129 Å². The highest BCUT2D eigenvalue weighted by atomic mass is 32.1. The fraction of sp³-hybridized carbons (Fsp3) is 0.133. The minimum Gasteiger partial charge on any atom is -0.452 e. The smallest absolute Gasteiger partial charge is 0.344 e. The number of rotatable bonds is 5. The first-order chi connectivity index (χ1) is 12.0. The Balaban J connectivity index is 1.67. The lowest BCUT2D eigenvalue weighted by atomic mass is 10.2. The average molecular weight is 359 g/mol. The van der Waals surface area contributed by atoms with Crippen LogP contribution in [0.5, 0.6) is 0 Å². The monoisotopic (exact) mass is 359 g/mol. The Labute approximate surface area is 145 Å². The van der Waals surface area contributed by atoms with Crippen molar-refractivity contribution in [3.8, 4) is 0 Å². The number of ether oxygens (including phenoxy) is 1. The first-order valence-corrected chi connectivity index (χ1v) is 7.99. The lowest BCUT2D eigenvalue weighted by molar-refractivity contribution is -0.119. The Morgan fingerprint density at radius 1 is 1.40 bits per heavy atom. The Morgan fingerprint density at radius 2 is 2.20 bits per heavy atom. The van der Waals surface area contributed by atoms with E-state index in [1.807, 2.05) is 0 Å². The van der Waals surface area contributed by atoms with E-state index in [1.165, 1.54) is 16.8 Å². The summed E-state index contributed by atoms with van der Waals surface area (Å²) in [6.07, 6.45) is 3.18. The van der Waals surface area contributed by atoms with Gasteiger partial charge < -0.3 is 15.8 Å². The minimum absolute atomic E-state index is 0.197. The third-order valence-corrected chi connectivity index (χ3v) is 4.12. The van der Waals surface area contributed by atoms with Crippen LogP contribution in [-0.2, 0) is 9.53 Å². The molecule has 3 rings (SSSR count). The molecule has 2 amide bonds. The molecule has 3 aromatic rings. The van der Waals surface area contributed by atoms with E-state index in [4.69, 9.17) is 10.5 Å². The Bertz CT molecular complexity index is 977. The van der Waals surface area contributed by atoms with E-state index in [9.17, 15) is 14.4 Å². The van der Waals surface area contributed by atoms with Crippen molar-refractivity contribution < 1.29 is 19.1 Å². The van der Waals surface area contributed by atoms with E-state index in [1.54, 1.807) is 24.6 Å². The van der Waals surface area contributed by atoms with Gasteiger partial charge in [0.2, 0.25) is 0 Å². The van der Waals surface area contributed by atoms with Crippen molar-refractivity contribution in [3.63, 3.8) is 0 Å². The molecule has 0 fully saturated rings. The van der Waals surface area contributed by atoms with Gasteiger partial charge >= 0.3 is 5.97 Å². The number of nitrogens with two attached hydrogens (primary N) is 1. The molecule has 3 N–H and O–H groups in total. The number of aromatic nitrogens is 3. The molecule has 128 valence electrons. The number of esters is 1. The largest absolute Gasteiger partial charge is 0.452 e. The molecule has 25 heavy (non-hydrogen) atoms. The number of thiophene rings is 1. The normalized spacial score (nSPS) is 10.6. The molecule has 0 bridgehead atoms. The van der Waals surface area contributed by atoms with Gasteiger partial charge in [-0.2, -0.15) is 5.10 Å². The number of amides is 2. The molecule has 0 aliphatic heterocycles. The summed E-state index contributed by atoms with van der Waals surface area (Å²) in [5, 5.41) is 8.57. The van der Waals surface area contributed by atoms with Crippen LogP contribution in [-0.4, -0.2) is 39.0 Å². The average Bonchev–Trinajstić information content (AvgIpc) is 3.15. The van der Waals surface area contributed by atoms with Crippen LogP contribution >= 0.6 is 11.3 Å². The molecule has 0 unspecified atom stereocenters. The van der Waals surface area contributed by atoms with Gasteiger partial charge in [0.15, 0.2) is 12.3 Å². The van der Waals surface area contributed by atoms with Crippen LogP contribution < -0.4 is 11.1 Å². The maximum atomic E-state index is 12.3. The lowest BCUT2D eigenvalue weighted by Gasteiger charge is -2.06. The standard InChI is InChI=1S/C15H13N5O4S/c1-8-11(13-17-4-2-5-20(13)19-8)15(23)24-7-10(21)18-14-9(12(16)22)3-6-25-14/h2-6H,7H2,1H3,(H2,16,22)(H,18,21). The molecule has 3 heterocycles. The molecule has 0 saturated heterocycles. The number of hydrogen-bond donors (Lipinski definition) is 2. The summed E-state index contributed by atoms with van der Waals surface area (Å²) in [7, 11) is 0. The molecule has 0 saturated carbocycles. The zero-order valence-corrected chi connectivity index (χ0v) is 13.9. The van der Waals surface area contributed by atoms with Gasteiger partial charge in [0.1, 0.15) is 10.6 Å². The summed E-state index contributed by atoms with van der Waals surface area (Å²) in [6, 6.07) is 3.18. The molecule has 0 spiro atoms. The van der Waals surface area contributed by atoms with Crippen molar-refractivity contribution in [1.82, 2.24) is 14.6 Å². The number of anilines is 1. The van der Waals surface area contributed by atoms with Gasteiger partial charge in [-0.25, -0.2) is 14.3 Å². The third-order valence-electron chi connectivity index (χ3n) is 3.29. The number of nitrogens with one attached hydrogen (secondary N) is 1. The van der Waals surface area contributed by atoms with Crippen molar-refractivity contribution in [3.05, 3.63) is 46.7 Å². The van der Waals surface area contributed by atoms with E-state index in [0.717, 1.165) is 11.3 Å². The molecule has 0 aliphatic carbocycles. The lowest BCUT2D eigenvalue weighted by Crippen LogP contribution is -2.22. The van der Waals surface area contributed by atoms with E-state index in [2.05, 4.69) is 15.4 Å².